The van der Waals surface area contributed by atoms with Gasteiger partial charge in [-0.1, -0.05) is 20.8 Å². The minimum atomic E-state index is 0.243. The predicted octanol–water partition coefficient (Wildman–Crippen LogP) is 2.33. The van der Waals surface area contributed by atoms with Gasteiger partial charge in [0.15, 0.2) is 0 Å². The Labute approximate surface area is 87.7 Å². The predicted molar refractivity (Wildman–Crippen MR) is 59.3 cm³/mol. The maximum atomic E-state index is 11.7. The highest BCUT2D eigenvalue weighted by Gasteiger charge is 2.20. The van der Waals surface area contributed by atoms with Crippen molar-refractivity contribution in [3.63, 3.8) is 0 Å². The highest BCUT2D eigenvalue weighted by molar-refractivity contribution is 5.82. The largest absolute Gasteiger partial charge is 0.298 e. The van der Waals surface area contributed by atoms with Gasteiger partial charge in [0.05, 0.1) is 6.54 Å². The van der Waals surface area contributed by atoms with Gasteiger partial charge in [-0.3, -0.25) is 9.69 Å². The van der Waals surface area contributed by atoms with Gasteiger partial charge >= 0.3 is 0 Å². The van der Waals surface area contributed by atoms with Crippen LogP contribution >= 0.6 is 0 Å². The highest BCUT2D eigenvalue weighted by atomic mass is 16.1. The molecule has 1 saturated heterocycles. The summed E-state index contributed by atoms with van der Waals surface area (Å²) in [6, 6.07) is 0. The molecule has 2 nitrogen and oxygen atoms in total. The van der Waals surface area contributed by atoms with Crippen molar-refractivity contribution in [2.45, 2.75) is 40.0 Å². The topological polar surface area (TPSA) is 20.3 Å². The number of likely N-dealkylation sites (tertiary alicyclic amines) is 1. The van der Waals surface area contributed by atoms with E-state index in [2.05, 4.69) is 18.7 Å². The summed E-state index contributed by atoms with van der Waals surface area (Å²) in [6.45, 7) is 9.31. The molecule has 0 amide bonds. The minimum absolute atomic E-state index is 0.243. The molecule has 2 heteroatoms. The van der Waals surface area contributed by atoms with E-state index in [4.69, 9.17) is 0 Å². The lowest BCUT2D eigenvalue weighted by Gasteiger charge is -2.30. The molecule has 0 N–H and O–H groups in total. The molecule has 0 spiro atoms. The molecule has 0 aromatic carbocycles. The number of piperidine rings is 1. The van der Waals surface area contributed by atoms with E-state index in [1.54, 1.807) is 0 Å². The Balaban J connectivity index is 2.32. The van der Waals surface area contributed by atoms with E-state index in [-0.39, 0.29) is 5.92 Å². The lowest BCUT2D eigenvalue weighted by molar-refractivity contribution is -0.124. The van der Waals surface area contributed by atoms with E-state index in [9.17, 15) is 4.79 Å². The molecule has 1 fully saturated rings. The number of hydrogen-bond donors (Lipinski definition) is 0. The molecule has 0 saturated carbocycles. The van der Waals surface area contributed by atoms with Crippen molar-refractivity contribution < 1.29 is 4.79 Å². The third-order valence-corrected chi connectivity index (χ3v) is 3.28. The summed E-state index contributed by atoms with van der Waals surface area (Å²) in [7, 11) is 0. The van der Waals surface area contributed by atoms with Gasteiger partial charge in [-0.15, -0.1) is 0 Å². The van der Waals surface area contributed by atoms with Crippen LogP contribution in [0.2, 0.25) is 0 Å². The fraction of sp³-hybridized carbons (Fsp3) is 0.917. The first-order valence-corrected chi connectivity index (χ1v) is 5.88. The second-order valence-corrected chi connectivity index (χ2v) is 4.76. The standard InChI is InChI=1S/C12H23NO/c1-4-11(3)12(14)9-13-7-5-6-10(2)8-13/h10-11H,4-9H2,1-3H3. The van der Waals surface area contributed by atoms with E-state index in [0.717, 1.165) is 25.4 Å². The summed E-state index contributed by atoms with van der Waals surface area (Å²) in [6.07, 6.45) is 3.56. The zero-order chi connectivity index (χ0) is 10.6. The minimum Gasteiger partial charge on any atom is -0.298 e. The second-order valence-electron chi connectivity index (χ2n) is 4.76. The second kappa shape index (κ2) is 5.50. The summed E-state index contributed by atoms with van der Waals surface area (Å²) in [5.41, 5.74) is 0. The third kappa shape index (κ3) is 3.41. The molecule has 0 radical (unpaired) electrons. The number of nitrogens with zero attached hydrogens (tertiary/aromatic N) is 1. The van der Waals surface area contributed by atoms with E-state index in [1.807, 2.05) is 6.92 Å². The summed E-state index contributed by atoms with van der Waals surface area (Å²) >= 11 is 0. The fourth-order valence-corrected chi connectivity index (χ4v) is 2.03. The number of carbonyl (C=O) groups excluding carboxylic acids is 1. The van der Waals surface area contributed by atoms with Gasteiger partial charge in [0.2, 0.25) is 0 Å². The zero-order valence-electron chi connectivity index (χ0n) is 9.75. The molecule has 1 aliphatic heterocycles. The van der Waals surface area contributed by atoms with Crippen molar-refractivity contribution in [1.29, 1.82) is 0 Å². The van der Waals surface area contributed by atoms with Crippen LogP contribution in [0.4, 0.5) is 0 Å². The summed E-state index contributed by atoms with van der Waals surface area (Å²) in [5.74, 6) is 1.43. The Bertz CT molecular complexity index is 191. The smallest absolute Gasteiger partial charge is 0.149 e. The van der Waals surface area contributed by atoms with Crippen LogP contribution in [0.1, 0.15) is 40.0 Å². The van der Waals surface area contributed by atoms with Crippen molar-refractivity contribution >= 4 is 5.78 Å². The van der Waals surface area contributed by atoms with Gasteiger partial charge < -0.3 is 0 Å². The van der Waals surface area contributed by atoms with Crippen LogP contribution in [0, 0.1) is 11.8 Å². The Hall–Kier alpha value is -0.370. The summed E-state index contributed by atoms with van der Waals surface area (Å²) < 4.78 is 0. The van der Waals surface area contributed by atoms with Crippen molar-refractivity contribution in [2.75, 3.05) is 19.6 Å². The third-order valence-electron chi connectivity index (χ3n) is 3.28. The van der Waals surface area contributed by atoms with Crippen molar-refractivity contribution in [1.82, 2.24) is 4.90 Å². The molecule has 0 bridgehead atoms. The van der Waals surface area contributed by atoms with Crippen LogP contribution in [0.15, 0.2) is 0 Å². The zero-order valence-corrected chi connectivity index (χ0v) is 9.75. The number of carbonyl (C=O) groups is 1. The quantitative estimate of drug-likeness (QED) is 0.689. The summed E-state index contributed by atoms with van der Waals surface area (Å²) in [4.78, 5) is 14.0. The van der Waals surface area contributed by atoms with Crippen LogP contribution in [0.5, 0.6) is 0 Å². The molecule has 1 heterocycles. The van der Waals surface area contributed by atoms with Gasteiger partial charge in [0.1, 0.15) is 5.78 Å². The van der Waals surface area contributed by atoms with Crippen molar-refractivity contribution in [2.24, 2.45) is 11.8 Å². The monoisotopic (exact) mass is 197 g/mol. The maximum absolute atomic E-state index is 11.7. The SMILES string of the molecule is CCC(C)C(=O)CN1CCCC(C)C1. The number of hydrogen-bond acceptors (Lipinski definition) is 2. The lowest BCUT2D eigenvalue weighted by Crippen LogP contribution is -2.39. The molecule has 2 unspecified atom stereocenters. The van der Waals surface area contributed by atoms with Crippen LogP contribution in [-0.4, -0.2) is 30.3 Å². The van der Waals surface area contributed by atoms with Crippen LogP contribution < -0.4 is 0 Å². The van der Waals surface area contributed by atoms with Gasteiger partial charge in [0, 0.05) is 12.5 Å². The van der Waals surface area contributed by atoms with Gasteiger partial charge in [-0.2, -0.15) is 0 Å². The Morgan fingerprint density at radius 2 is 2.29 bits per heavy atom. The summed E-state index contributed by atoms with van der Waals surface area (Å²) in [5, 5.41) is 0. The first-order chi connectivity index (χ1) is 6.63. The maximum Gasteiger partial charge on any atom is 0.149 e. The average Bonchev–Trinajstić information content (AvgIpc) is 2.16. The molecule has 0 aliphatic carbocycles. The molecule has 1 rings (SSSR count). The molecule has 0 aromatic heterocycles. The van der Waals surface area contributed by atoms with Crippen LogP contribution in [-0.2, 0) is 4.79 Å². The lowest BCUT2D eigenvalue weighted by atomic mass is 9.98. The van der Waals surface area contributed by atoms with E-state index >= 15 is 0 Å². The normalized spacial score (nSPS) is 26.1. The van der Waals surface area contributed by atoms with Crippen LogP contribution in [0.3, 0.4) is 0 Å². The first-order valence-electron chi connectivity index (χ1n) is 5.88. The van der Waals surface area contributed by atoms with Gasteiger partial charge in [-0.05, 0) is 31.7 Å². The number of rotatable bonds is 4. The molecule has 14 heavy (non-hydrogen) atoms. The number of ketones is 1. The fourth-order valence-electron chi connectivity index (χ4n) is 2.03. The number of Topliss-reactive ketones (excluding diaryl/α,β-unsaturated/α-hetero) is 1. The van der Waals surface area contributed by atoms with Gasteiger partial charge in [0.25, 0.3) is 0 Å². The van der Waals surface area contributed by atoms with E-state index in [0.29, 0.717) is 12.3 Å². The molecular weight excluding hydrogens is 174 g/mol. The molecule has 82 valence electrons. The average molecular weight is 197 g/mol. The van der Waals surface area contributed by atoms with Crippen molar-refractivity contribution in [3.05, 3.63) is 0 Å². The molecule has 0 aromatic rings. The van der Waals surface area contributed by atoms with Gasteiger partial charge in [-0.25, -0.2) is 0 Å². The van der Waals surface area contributed by atoms with E-state index < -0.39 is 0 Å². The molecular formula is C12H23NO. The molecule has 2 atom stereocenters. The Morgan fingerprint density at radius 3 is 2.86 bits per heavy atom. The Kier molecular flexibility index (Phi) is 4.59. The Morgan fingerprint density at radius 1 is 1.57 bits per heavy atom. The first kappa shape index (κ1) is 11.7. The van der Waals surface area contributed by atoms with E-state index in [1.165, 1.54) is 12.8 Å². The highest BCUT2D eigenvalue weighted by Crippen LogP contribution is 2.16. The molecule has 1 aliphatic rings. The van der Waals surface area contributed by atoms with Crippen molar-refractivity contribution in [3.8, 4) is 0 Å². The van der Waals surface area contributed by atoms with Crippen LogP contribution in [0.25, 0.3) is 0 Å².